The number of hydrogen-bond donors (Lipinski definition) is 3. The van der Waals surface area contributed by atoms with E-state index in [1.54, 1.807) is 13.0 Å². The van der Waals surface area contributed by atoms with Crippen LogP contribution in [-0.2, 0) is 10.0 Å². The number of primary sulfonamides is 1. The van der Waals surface area contributed by atoms with Gasteiger partial charge in [0.05, 0.1) is 4.90 Å². The fourth-order valence-corrected chi connectivity index (χ4v) is 3.70. The van der Waals surface area contributed by atoms with E-state index in [9.17, 15) is 8.42 Å². The Morgan fingerprint density at radius 1 is 1.15 bits per heavy atom. The SMILES string of the molecule is Cc1c(NC2C(C)(C)C2(C)C)cc(N)cc1S(N)(=O)=O. The van der Waals surface area contributed by atoms with E-state index in [1.165, 1.54) is 6.07 Å². The van der Waals surface area contributed by atoms with Gasteiger partial charge in [0.1, 0.15) is 0 Å². The van der Waals surface area contributed by atoms with E-state index in [4.69, 9.17) is 10.9 Å². The molecule has 0 heterocycles. The van der Waals surface area contributed by atoms with Gasteiger partial charge < -0.3 is 11.1 Å². The normalized spacial score (nSPS) is 20.7. The van der Waals surface area contributed by atoms with Gasteiger partial charge in [-0.2, -0.15) is 0 Å². The summed E-state index contributed by atoms with van der Waals surface area (Å²) in [5.74, 6) is 0. The van der Waals surface area contributed by atoms with Crippen LogP contribution in [0.15, 0.2) is 17.0 Å². The lowest BCUT2D eigenvalue weighted by molar-refractivity contribution is 0.457. The second-order valence-corrected chi connectivity index (χ2v) is 8.29. The molecule has 1 aromatic carbocycles. The minimum Gasteiger partial charge on any atom is -0.399 e. The van der Waals surface area contributed by atoms with E-state index < -0.39 is 10.0 Å². The summed E-state index contributed by atoms with van der Waals surface area (Å²) >= 11 is 0. The summed E-state index contributed by atoms with van der Waals surface area (Å²) in [6.45, 7) is 10.5. The molecule has 112 valence electrons. The van der Waals surface area contributed by atoms with Crippen LogP contribution < -0.4 is 16.2 Å². The smallest absolute Gasteiger partial charge is 0.238 e. The molecule has 2 rings (SSSR count). The maximum Gasteiger partial charge on any atom is 0.238 e. The van der Waals surface area contributed by atoms with Crippen molar-refractivity contribution in [2.75, 3.05) is 11.1 Å². The summed E-state index contributed by atoms with van der Waals surface area (Å²) in [5.41, 5.74) is 7.82. The summed E-state index contributed by atoms with van der Waals surface area (Å²) in [7, 11) is -3.77. The Morgan fingerprint density at radius 2 is 1.65 bits per heavy atom. The molecule has 1 aliphatic rings. The highest BCUT2D eigenvalue weighted by molar-refractivity contribution is 7.89. The minimum atomic E-state index is -3.77. The van der Waals surface area contributed by atoms with Crippen LogP contribution in [0.4, 0.5) is 11.4 Å². The fourth-order valence-electron chi connectivity index (χ4n) is 2.87. The molecule has 0 atom stereocenters. The summed E-state index contributed by atoms with van der Waals surface area (Å²) in [5, 5.41) is 8.66. The molecule has 20 heavy (non-hydrogen) atoms. The molecular formula is C14H23N3O2S. The second kappa shape index (κ2) is 4.11. The van der Waals surface area contributed by atoms with Crippen LogP contribution in [0.3, 0.4) is 0 Å². The van der Waals surface area contributed by atoms with Crippen molar-refractivity contribution in [1.29, 1.82) is 0 Å². The van der Waals surface area contributed by atoms with Crippen LogP contribution in [0.1, 0.15) is 33.3 Å². The van der Waals surface area contributed by atoms with Gasteiger partial charge >= 0.3 is 0 Å². The Labute approximate surface area is 120 Å². The molecule has 0 aromatic heterocycles. The first-order valence-corrected chi connectivity index (χ1v) is 8.13. The van der Waals surface area contributed by atoms with Gasteiger partial charge in [-0.15, -0.1) is 0 Å². The first-order valence-electron chi connectivity index (χ1n) is 6.58. The van der Waals surface area contributed by atoms with Crippen molar-refractivity contribution in [2.24, 2.45) is 16.0 Å². The number of nitrogens with one attached hydrogen (secondary N) is 1. The van der Waals surface area contributed by atoms with Gasteiger partial charge in [0.15, 0.2) is 0 Å². The van der Waals surface area contributed by atoms with Crippen LogP contribution in [0, 0.1) is 17.8 Å². The van der Waals surface area contributed by atoms with E-state index in [1.807, 2.05) is 0 Å². The highest BCUT2D eigenvalue weighted by Gasteiger charge is 2.65. The Bertz CT molecular complexity index is 649. The molecule has 0 bridgehead atoms. The number of hydrogen-bond acceptors (Lipinski definition) is 4. The van der Waals surface area contributed by atoms with Crippen molar-refractivity contribution in [3.05, 3.63) is 17.7 Å². The van der Waals surface area contributed by atoms with Gasteiger partial charge in [0, 0.05) is 17.4 Å². The highest BCUT2D eigenvalue weighted by atomic mass is 32.2. The van der Waals surface area contributed by atoms with E-state index in [-0.39, 0.29) is 21.8 Å². The van der Waals surface area contributed by atoms with Crippen LogP contribution in [0.25, 0.3) is 0 Å². The molecule has 5 nitrogen and oxygen atoms in total. The number of anilines is 2. The minimum absolute atomic E-state index is 0.0799. The predicted molar refractivity (Wildman–Crippen MR) is 81.9 cm³/mol. The molecule has 1 aliphatic carbocycles. The molecule has 0 saturated heterocycles. The number of rotatable bonds is 3. The summed E-state index contributed by atoms with van der Waals surface area (Å²) in [6, 6.07) is 3.43. The first-order chi connectivity index (χ1) is 8.89. The third-order valence-electron chi connectivity index (χ3n) is 5.01. The van der Waals surface area contributed by atoms with Gasteiger partial charge in [-0.3, -0.25) is 0 Å². The van der Waals surface area contributed by atoms with Gasteiger partial charge in [-0.1, -0.05) is 27.7 Å². The molecule has 0 unspecified atom stereocenters. The Balaban J connectivity index is 2.43. The number of benzene rings is 1. The predicted octanol–water partition coefficient (Wildman–Crippen LogP) is 2.07. The van der Waals surface area contributed by atoms with E-state index in [2.05, 4.69) is 33.0 Å². The van der Waals surface area contributed by atoms with Crippen molar-refractivity contribution >= 4 is 21.4 Å². The summed E-state index contributed by atoms with van der Waals surface area (Å²) in [6.07, 6.45) is 0. The number of nitrogens with two attached hydrogens (primary N) is 2. The zero-order valence-corrected chi connectivity index (χ0v) is 13.4. The zero-order chi connectivity index (χ0) is 15.5. The number of sulfonamides is 1. The molecule has 0 aliphatic heterocycles. The van der Waals surface area contributed by atoms with E-state index >= 15 is 0 Å². The zero-order valence-electron chi connectivity index (χ0n) is 12.6. The van der Waals surface area contributed by atoms with Crippen molar-refractivity contribution in [1.82, 2.24) is 0 Å². The average molecular weight is 297 g/mol. The van der Waals surface area contributed by atoms with E-state index in [0.717, 1.165) is 5.69 Å². The summed E-state index contributed by atoms with van der Waals surface area (Å²) in [4.78, 5) is 0.0799. The maximum atomic E-state index is 11.6. The largest absolute Gasteiger partial charge is 0.399 e. The first kappa shape index (κ1) is 15.1. The van der Waals surface area contributed by atoms with Gasteiger partial charge in [0.2, 0.25) is 10.0 Å². The summed E-state index contributed by atoms with van der Waals surface area (Å²) < 4.78 is 23.2. The molecule has 6 heteroatoms. The molecule has 1 saturated carbocycles. The van der Waals surface area contributed by atoms with Gasteiger partial charge in [-0.05, 0) is 35.4 Å². The molecule has 1 aromatic rings. The Kier molecular flexibility index (Phi) is 3.11. The maximum absolute atomic E-state index is 11.6. The van der Waals surface area contributed by atoms with Crippen molar-refractivity contribution in [3.63, 3.8) is 0 Å². The lowest BCUT2D eigenvalue weighted by atomic mass is 10.0. The highest BCUT2D eigenvalue weighted by Crippen LogP contribution is 2.63. The molecule has 5 N–H and O–H groups in total. The topological polar surface area (TPSA) is 98.2 Å². The molecule has 0 amide bonds. The third-order valence-corrected chi connectivity index (χ3v) is 6.05. The fraction of sp³-hybridized carbons (Fsp3) is 0.571. The number of nitrogen functional groups attached to an aromatic ring is 1. The monoisotopic (exact) mass is 297 g/mol. The van der Waals surface area contributed by atoms with Crippen LogP contribution in [-0.4, -0.2) is 14.5 Å². The van der Waals surface area contributed by atoms with Gasteiger partial charge in [-0.25, -0.2) is 13.6 Å². The molecule has 1 fully saturated rings. The van der Waals surface area contributed by atoms with Crippen molar-refractivity contribution in [3.8, 4) is 0 Å². The molecule has 0 spiro atoms. The average Bonchev–Trinajstić information content (AvgIpc) is 2.64. The van der Waals surface area contributed by atoms with Crippen LogP contribution >= 0.6 is 0 Å². The third kappa shape index (κ3) is 2.16. The lowest BCUT2D eigenvalue weighted by Gasteiger charge is -2.15. The van der Waals surface area contributed by atoms with Crippen LogP contribution in [0.5, 0.6) is 0 Å². The van der Waals surface area contributed by atoms with Crippen LogP contribution in [0.2, 0.25) is 0 Å². The quantitative estimate of drug-likeness (QED) is 0.744. The second-order valence-electron chi connectivity index (χ2n) is 6.76. The lowest BCUT2D eigenvalue weighted by Crippen LogP contribution is -2.17. The van der Waals surface area contributed by atoms with Gasteiger partial charge in [0.25, 0.3) is 0 Å². The Morgan fingerprint density at radius 3 is 2.05 bits per heavy atom. The van der Waals surface area contributed by atoms with Crippen molar-refractivity contribution in [2.45, 2.75) is 45.6 Å². The molecule has 0 radical (unpaired) electrons. The standard InChI is InChI=1S/C14H23N3O2S/c1-8-10(17-12-13(2,3)14(12,4)5)6-9(15)7-11(8)20(16,18)19/h6-7,12,17H,15H2,1-5H3,(H2,16,18,19). The molecular weight excluding hydrogens is 274 g/mol. The van der Waals surface area contributed by atoms with Crippen molar-refractivity contribution < 1.29 is 8.42 Å². The van der Waals surface area contributed by atoms with E-state index in [0.29, 0.717) is 11.3 Å². The Hall–Kier alpha value is -1.27.